The summed E-state index contributed by atoms with van der Waals surface area (Å²) < 4.78 is 10.8. The second kappa shape index (κ2) is 9.24. The molecule has 4 rings (SSSR count). The molecule has 0 spiro atoms. The summed E-state index contributed by atoms with van der Waals surface area (Å²) in [5.74, 6) is 1.70. The first kappa shape index (κ1) is 19.7. The summed E-state index contributed by atoms with van der Waals surface area (Å²) in [6, 6.07) is 11.7. The Morgan fingerprint density at radius 3 is 2.76 bits per heavy atom. The number of hydrogen-bond donors (Lipinski definition) is 1. The van der Waals surface area contributed by atoms with Crippen molar-refractivity contribution in [2.24, 2.45) is 0 Å². The van der Waals surface area contributed by atoms with Crippen LogP contribution in [0.5, 0.6) is 5.75 Å². The molecule has 1 N–H and O–H groups in total. The molecule has 2 aromatic heterocycles. The number of benzene rings is 1. The number of furan rings is 1. The number of thiazole rings is 1. The maximum absolute atomic E-state index is 12.5. The highest BCUT2D eigenvalue weighted by atomic mass is 32.1. The van der Waals surface area contributed by atoms with Gasteiger partial charge >= 0.3 is 0 Å². The van der Waals surface area contributed by atoms with E-state index in [4.69, 9.17) is 9.15 Å². The highest BCUT2D eigenvalue weighted by Gasteiger charge is 2.26. The second-order valence-electron chi connectivity index (χ2n) is 7.13. The predicted octanol–water partition coefficient (Wildman–Crippen LogP) is 3.91. The Labute approximate surface area is 174 Å². The van der Waals surface area contributed by atoms with E-state index < -0.39 is 0 Å². The SMILES string of the molecule is COc1ccc(-c2nc(CC(=O)NC[C@@H](c3ccco3)N3CCCC3)cs2)cc1. The zero-order valence-electron chi connectivity index (χ0n) is 16.5. The van der Waals surface area contributed by atoms with Gasteiger partial charge in [-0.15, -0.1) is 11.3 Å². The van der Waals surface area contributed by atoms with Crippen molar-refractivity contribution < 1.29 is 13.9 Å². The van der Waals surface area contributed by atoms with Crippen molar-refractivity contribution in [3.05, 3.63) is 59.5 Å². The largest absolute Gasteiger partial charge is 0.497 e. The van der Waals surface area contributed by atoms with Crippen molar-refractivity contribution >= 4 is 17.2 Å². The fourth-order valence-electron chi connectivity index (χ4n) is 3.64. The van der Waals surface area contributed by atoms with Crippen LogP contribution in [0.15, 0.2) is 52.5 Å². The molecule has 29 heavy (non-hydrogen) atoms. The number of nitrogens with one attached hydrogen (secondary N) is 1. The van der Waals surface area contributed by atoms with Gasteiger partial charge in [-0.2, -0.15) is 0 Å². The number of hydrogen-bond acceptors (Lipinski definition) is 6. The van der Waals surface area contributed by atoms with Gasteiger partial charge in [-0.25, -0.2) is 4.98 Å². The second-order valence-corrected chi connectivity index (χ2v) is 7.99. The van der Waals surface area contributed by atoms with Crippen molar-refractivity contribution in [2.45, 2.75) is 25.3 Å². The molecule has 0 bridgehead atoms. The van der Waals surface area contributed by atoms with Crippen LogP contribution in [0.2, 0.25) is 0 Å². The lowest BCUT2D eigenvalue weighted by Crippen LogP contribution is -2.37. The summed E-state index contributed by atoms with van der Waals surface area (Å²) >= 11 is 1.55. The fourth-order valence-corrected chi connectivity index (χ4v) is 4.46. The van der Waals surface area contributed by atoms with Crippen LogP contribution in [0.4, 0.5) is 0 Å². The van der Waals surface area contributed by atoms with E-state index in [-0.39, 0.29) is 18.4 Å². The van der Waals surface area contributed by atoms with Crippen LogP contribution >= 0.6 is 11.3 Å². The van der Waals surface area contributed by atoms with Gasteiger partial charge < -0.3 is 14.5 Å². The van der Waals surface area contributed by atoms with Gasteiger partial charge in [0.05, 0.1) is 31.5 Å². The van der Waals surface area contributed by atoms with Crippen LogP contribution in [-0.2, 0) is 11.2 Å². The molecule has 1 amide bonds. The van der Waals surface area contributed by atoms with E-state index >= 15 is 0 Å². The third-order valence-electron chi connectivity index (χ3n) is 5.18. The molecule has 1 aromatic carbocycles. The van der Waals surface area contributed by atoms with E-state index in [9.17, 15) is 4.79 Å². The van der Waals surface area contributed by atoms with E-state index in [1.54, 1.807) is 24.7 Å². The fraction of sp³-hybridized carbons (Fsp3) is 0.364. The topological polar surface area (TPSA) is 67.6 Å². The molecule has 3 aromatic rings. The lowest BCUT2D eigenvalue weighted by molar-refractivity contribution is -0.120. The Bertz CT molecular complexity index is 915. The number of carbonyl (C=O) groups is 1. The maximum Gasteiger partial charge on any atom is 0.226 e. The first-order valence-electron chi connectivity index (χ1n) is 9.86. The molecule has 152 valence electrons. The number of carbonyl (C=O) groups excluding carboxylic acids is 1. The van der Waals surface area contributed by atoms with Gasteiger partial charge in [-0.3, -0.25) is 9.69 Å². The molecule has 0 aliphatic carbocycles. The lowest BCUT2D eigenvalue weighted by atomic mass is 10.2. The molecule has 1 saturated heterocycles. The smallest absolute Gasteiger partial charge is 0.226 e. The first-order valence-corrected chi connectivity index (χ1v) is 10.7. The molecule has 0 radical (unpaired) electrons. The van der Waals surface area contributed by atoms with Crippen LogP contribution in [0.3, 0.4) is 0 Å². The van der Waals surface area contributed by atoms with Crippen molar-refractivity contribution in [1.29, 1.82) is 0 Å². The maximum atomic E-state index is 12.5. The van der Waals surface area contributed by atoms with E-state index in [2.05, 4.69) is 15.2 Å². The number of ether oxygens (including phenoxy) is 1. The average Bonchev–Trinajstić information content (AvgIpc) is 3.51. The standard InChI is InChI=1S/C22H25N3O3S/c1-27-18-8-6-16(7-9-18)22-24-17(15-29-22)13-21(26)23-14-19(20-5-4-12-28-20)25-10-2-3-11-25/h4-9,12,15,19H,2-3,10-11,13-14H2,1H3,(H,23,26)/t19-/m0/s1. The Morgan fingerprint density at radius 2 is 2.07 bits per heavy atom. The summed E-state index contributed by atoms with van der Waals surface area (Å²) in [7, 11) is 1.65. The molecule has 1 fully saturated rings. The van der Waals surface area contributed by atoms with Crippen molar-refractivity contribution in [3.63, 3.8) is 0 Å². The normalized spacial score (nSPS) is 15.3. The van der Waals surface area contributed by atoms with Gasteiger partial charge in [-0.1, -0.05) is 0 Å². The Morgan fingerprint density at radius 1 is 1.28 bits per heavy atom. The molecule has 6 nitrogen and oxygen atoms in total. The summed E-state index contributed by atoms with van der Waals surface area (Å²) in [6.07, 6.45) is 4.35. The van der Waals surface area contributed by atoms with E-state index in [0.29, 0.717) is 6.54 Å². The lowest BCUT2D eigenvalue weighted by Gasteiger charge is -2.25. The third kappa shape index (κ3) is 4.86. The predicted molar refractivity (Wildman–Crippen MR) is 113 cm³/mol. The van der Waals surface area contributed by atoms with Gasteiger partial charge in [0.15, 0.2) is 0 Å². The van der Waals surface area contributed by atoms with Crippen LogP contribution in [0.25, 0.3) is 10.6 Å². The summed E-state index contributed by atoms with van der Waals surface area (Å²) in [5.41, 5.74) is 1.81. The minimum Gasteiger partial charge on any atom is -0.497 e. The minimum absolute atomic E-state index is 0.0210. The van der Waals surface area contributed by atoms with Gasteiger partial charge in [0, 0.05) is 17.5 Å². The molecule has 3 heterocycles. The number of likely N-dealkylation sites (tertiary alicyclic amines) is 1. The Kier molecular flexibility index (Phi) is 6.27. The summed E-state index contributed by atoms with van der Waals surface area (Å²) in [4.78, 5) is 19.5. The zero-order chi connectivity index (χ0) is 20.1. The molecule has 1 aliphatic heterocycles. The highest BCUT2D eigenvalue weighted by Crippen LogP contribution is 2.27. The Hall–Kier alpha value is -2.64. The van der Waals surface area contributed by atoms with Crippen LogP contribution in [0.1, 0.15) is 30.3 Å². The molecular formula is C22H25N3O3S. The van der Waals surface area contributed by atoms with Gasteiger partial charge in [0.1, 0.15) is 16.5 Å². The molecule has 0 unspecified atom stereocenters. The van der Waals surface area contributed by atoms with Gasteiger partial charge in [0.2, 0.25) is 5.91 Å². The van der Waals surface area contributed by atoms with Gasteiger partial charge in [-0.05, 0) is 62.3 Å². The minimum atomic E-state index is -0.0210. The van der Waals surface area contributed by atoms with Crippen LogP contribution < -0.4 is 10.1 Å². The molecule has 0 saturated carbocycles. The third-order valence-corrected chi connectivity index (χ3v) is 6.12. The summed E-state index contributed by atoms with van der Waals surface area (Å²) in [6.45, 7) is 2.62. The molecule has 1 atom stereocenters. The number of methoxy groups -OCH3 is 1. The van der Waals surface area contributed by atoms with Crippen molar-refractivity contribution in [1.82, 2.24) is 15.2 Å². The van der Waals surface area contributed by atoms with E-state index in [0.717, 1.165) is 40.9 Å². The number of aromatic nitrogens is 1. The quantitative estimate of drug-likeness (QED) is 0.609. The number of rotatable bonds is 8. The first-order chi connectivity index (χ1) is 14.2. The van der Waals surface area contributed by atoms with E-state index in [1.807, 2.05) is 41.8 Å². The van der Waals surface area contributed by atoms with Crippen molar-refractivity contribution in [3.8, 4) is 16.3 Å². The highest BCUT2D eigenvalue weighted by molar-refractivity contribution is 7.13. The monoisotopic (exact) mass is 411 g/mol. The van der Waals surface area contributed by atoms with Crippen LogP contribution in [-0.4, -0.2) is 42.5 Å². The average molecular weight is 412 g/mol. The molecule has 7 heteroatoms. The van der Waals surface area contributed by atoms with Crippen molar-refractivity contribution in [2.75, 3.05) is 26.7 Å². The molecule has 1 aliphatic rings. The summed E-state index contributed by atoms with van der Waals surface area (Å²) in [5, 5.41) is 5.92. The number of nitrogens with zero attached hydrogens (tertiary/aromatic N) is 2. The number of amides is 1. The Balaban J connectivity index is 1.35. The van der Waals surface area contributed by atoms with Gasteiger partial charge in [0.25, 0.3) is 0 Å². The van der Waals surface area contributed by atoms with E-state index in [1.165, 1.54) is 12.8 Å². The molecular weight excluding hydrogens is 386 g/mol. The zero-order valence-corrected chi connectivity index (χ0v) is 17.3. The van der Waals surface area contributed by atoms with Crippen LogP contribution in [0, 0.1) is 0 Å².